The first kappa shape index (κ1) is 17.2. The van der Waals surface area contributed by atoms with Crippen LogP contribution in [0.15, 0.2) is 18.6 Å². The molecule has 0 amide bonds. The minimum atomic E-state index is -4.21. The van der Waals surface area contributed by atoms with E-state index in [-0.39, 0.29) is 5.82 Å². The Morgan fingerprint density at radius 2 is 2.17 bits per heavy atom. The van der Waals surface area contributed by atoms with Crippen LogP contribution < -0.4 is 5.73 Å². The average molecular weight is 360 g/mol. The number of fused-ring (bicyclic) bond motifs is 1. The highest BCUT2D eigenvalue weighted by Crippen LogP contribution is 2.43. The Morgan fingerprint density at radius 3 is 2.88 bits per heavy atom. The molecule has 5 unspecified atom stereocenters. The molecule has 132 valence electrons. The number of hydrogen-bond donors (Lipinski definition) is 4. The summed E-state index contributed by atoms with van der Waals surface area (Å²) in [6, 6.07) is 1.66. The van der Waals surface area contributed by atoms with Gasteiger partial charge in [-0.25, -0.2) is 14.5 Å². The highest BCUT2D eigenvalue weighted by atomic mass is 31.2. The van der Waals surface area contributed by atoms with E-state index < -0.39 is 39.0 Å². The van der Waals surface area contributed by atoms with E-state index in [2.05, 4.69) is 14.5 Å². The molecule has 0 spiro atoms. The monoisotopic (exact) mass is 360 g/mol. The first-order valence-corrected chi connectivity index (χ1v) is 8.45. The molecular formula is C12H17N4O7P. The highest BCUT2D eigenvalue weighted by molar-refractivity contribution is 7.47. The van der Waals surface area contributed by atoms with E-state index in [0.29, 0.717) is 11.0 Å². The molecule has 1 aliphatic rings. The molecule has 24 heavy (non-hydrogen) atoms. The van der Waals surface area contributed by atoms with Crippen molar-refractivity contribution in [1.29, 1.82) is 0 Å². The van der Waals surface area contributed by atoms with Crippen LogP contribution in [0.2, 0.25) is 0 Å². The topological polar surface area (TPSA) is 162 Å². The summed E-state index contributed by atoms with van der Waals surface area (Å²) in [4.78, 5) is 17.2. The van der Waals surface area contributed by atoms with Gasteiger partial charge < -0.3 is 30.1 Å². The molecule has 1 aliphatic heterocycles. The van der Waals surface area contributed by atoms with Crippen molar-refractivity contribution in [2.24, 2.45) is 0 Å². The number of phosphoric acid groups is 1. The van der Waals surface area contributed by atoms with Gasteiger partial charge in [0, 0.05) is 13.3 Å². The average Bonchev–Trinajstić information content (AvgIpc) is 3.10. The van der Waals surface area contributed by atoms with Crippen molar-refractivity contribution in [2.45, 2.75) is 24.5 Å². The number of phosphoric ester groups is 1. The standard InChI is InChI=1S/C12H17N4O7P/c1-21-24(19,20)22-4-7-8(17)9(18)12(23-7)16-3-2-6-10(13)14-5-15-11(6)16/h2-3,5,7-9,12,17-18H,4H2,1H3,(H,19,20)(H2,13,14,15). The lowest BCUT2D eigenvalue weighted by Crippen LogP contribution is -2.33. The van der Waals surface area contributed by atoms with E-state index in [4.69, 9.17) is 15.0 Å². The number of aromatic nitrogens is 3. The van der Waals surface area contributed by atoms with Gasteiger partial charge in [-0.15, -0.1) is 0 Å². The zero-order chi connectivity index (χ0) is 17.5. The zero-order valence-electron chi connectivity index (χ0n) is 12.6. The number of nitrogens with zero attached hydrogens (tertiary/aromatic N) is 3. The number of aliphatic hydroxyl groups excluding tert-OH is 2. The molecule has 0 saturated carbocycles. The lowest BCUT2D eigenvalue weighted by molar-refractivity contribution is -0.0506. The van der Waals surface area contributed by atoms with Crippen LogP contribution >= 0.6 is 7.82 Å². The quantitative estimate of drug-likeness (QED) is 0.506. The second kappa shape index (κ2) is 6.37. The fourth-order valence-corrected chi connectivity index (χ4v) is 2.95. The summed E-state index contributed by atoms with van der Waals surface area (Å²) in [5.41, 5.74) is 6.18. The smallest absolute Gasteiger partial charge is 0.387 e. The molecule has 1 saturated heterocycles. The second-order valence-electron chi connectivity index (χ2n) is 5.21. The van der Waals surface area contributed by atoms with Crippen LogP contribution in [0.1, 0.15) is 6.23 Å². The molecule has 3 rings (SSSR count). The lowest BCUT2D eigenvalue weighted by Gasteiger charge is -2.17. The van der Waals surface area contributed by atoms with Crippen molar-refractivity contribution in [3.63, 3.8) is 0 Å². The summed E-state index contributed by atoms with van der Waals surface area (Å²) in [6.45, 7) is -0.438. The van der Waals surface area contributed by atoms with E-state index in [1.54, 1.807) is 12.3 Å². The molecule has 0 bridgehead atoms. The number of ether oxygens (including phenoxy) is 1. The maximum atomic E-state index is 11.3. The van der Waals surface area contributed by atoms with Gasteiger partial charge in [0.1, 0.15) is 36.1 Å². The lowest BCUT2D eigenvalue weighted by atomic mass is 10.1. The fraction of sp³-hybridized carbons (Fsp3) is 0.500. The summed E-state index contributed by atoms with van der Waals surface area (Å²) in [5, 5.41) is 20.9. The maximum Gasteiger partial charge on any atom is 0.472 e. The van der Waals surface area contributed by atoms with Gasteiger partial charge >= 0.3 is 7.82 Å². The van der Waals surface area contributed by atoms with E-state index in [1.165, 1.54) is 10.9 Å². The molecule has 2 aromatic rings. The Bertz CT molecular complexity index is 784. The Hall–Kier alpha value is -1.59. The number of nitrogen functional groups attached to an aromatic ring is 1. The number of rotatable bonds is 5. The summed E-state index contributed by atoms with van der Waals surface area (Å²) in [7, 11) is -3.20. The summed E-state index contributed by atoms with van der Waals surface area (Å²) >= 11 is 0. The van der Waals surface area contributed by atoms with Crippen LogP contribution in [0.3, 0.4) is 0 Å². The minimum absolute atomic E-state index is 0.271. The van der Waals surface area contributed by atoms with Crippen LogP contribution in [-0.4, -0.2) is 61.7 Å². The van der Waals surface area contributed by atoms with E-state index in [0.717, 1.165) is 7.11 Å². The van der Waals surface area contributed by atoms with Crippen LogP contribution in [0.5, 0.6) is 0 Å². The molecule has 0 aliphatic carbocycles. The van der Waals surface area contributed by atoms with Crippen LogP contribution in [0.4, 0.5) is 5.82 Å². The Kier molecular flexibility index (Phi) is 4.58. The van der Waals surface area contributed by atoms with Crippen molar-refractivity contribution in [3.8, 4) is 0 Å². The van der Waals surface area contributed by atoms with Gasteiger partial charge in [-0.05, 0) is 6.07 Å². The van der Waals surface area contributed by atoms with Crippen molar-refractivity contribution in [2.75, 3.05) is 19.5 Å². The number of nitrogens with two attached hydrogens (primary N) is 1. The Labute approximate surface area is 136 Å². The van der Waals surface area contributed by atoms with Gasteiger partial charge in [-0.1, -0.05) is 0 Å². The van der Waals surface area contributed by atoms with Crippen LogP contribution in [-0.2, 0) is 18.3 Å². The zero-order valence-corrected chi connectivity index (χ0v) is 13.5. The Morgan fingerprint density at radius 1 is 1.42 bits per heavy atom. The molecule has 5 atom stereocenters. The molecule has 0 aromatic carbocycles. The summed E-state index contributed by atoms with van der Waals surface area (Å²) < 4.78 is 27.4. The van der Waals surface area contributed by atoms with E-state index in [9.17, 15) is 19.7 Å². The molecule has 5 N–H and O–H groups in total. The van der Waals surface area contributed by atoms with Gasteiger partial charge in [0.05, 0.1) is 12.0 Å². The van der Waals surface area contributed by atoms with Crippen molar-refractivity contribution in [3.05, 3.63) is 18.6 Å². The van der Waals surface area contributed by atoms with Gasteiger partial charge in [-0.2, -0.15) is 0 Å². The first-order chi connectivity index (χ1) is 11.3. The van der Waals surface area contributed by atoms with E-state index in [1.807, 2.05) is 0 Å². The molecule has 2 aromatic heterocycles. The first-order valence-electron chi connectivity index (χ1n) is 6.95. The number of hydrogen-bond acceptors (Lipinski definition) is 9. The van der Waals surface area contributed by atoms with Gasteiger partial charge in [0.25, 0.3) is 0 Å². The third kappa shape index (κ3) is 3.03. The summed E-state index contributed by atoms with van der Waals surface area (Å²) in [5.74, 6) is 0.271. The van der Waals surface area contributed by atoms with Crippen molar-refractivity contribution >= 4 is 24.7 Å². The number of aliphatic hydroxyl groups is 2. The maximum absolute atomic E-state index is 11.3. The molecule has 12 heteroatoms. The highest BCUT2D eigenvalue weighted by Gasteiger charge is 2.45. The second-order valence-corrected chi connectivity index (χ2v) is 6.77. The third-order valence-electron chi connectivity index (χ3n) is 3.78. The fourth-order valence-electron chi connectivity index (χ4n) is 2.51. The summed E-state index contributed by atoms with van der Waals surface area (Å²) in [6.07, 6.45) is -1.77. The molecule has 1 fully saturated rings. The van der Waals surface area contributed by atoms with E-state index >= 15 is 0 Å². The predicted molar refractivity (Wildman–Crippen MR) is 80.7 cm³/mol. The predicted octanol–water partition coefficient (Wildman–Crippen LogP) is -0.604. The van der Waals surface area contributed by atoms with Crippen molar-refractivity contribution < 1.29 is 33.5 Å². The van der Waals surface area contributed by atoms with Crippen LogP contribution in [0, 0.1) is 0 Å². The molecule has 11 nitrogen and oxygen atoms in total. The normalized spacial score (nSPS) is 29.8. The minimum Gasteiger partial charge on any atom is -0.387 e. The Balaban J connectivity index is 1.82. The van der Waals surface area contributed by atoms with Crippen molar-refractivity contribution in [1.82, 2.24) is 14.5 Å². The van der Waals surface area contributed by atoms with Gasteiger partial charge in [-0.3, -0.25) is 9.05 Å². The largest absolute Gasteiger partial charge is 0.472 e. The van der Waals surface area contributed by atoms with Crippen LogP contribution in [0.25, 0.3) is 11.0 Å². The number of anilines is 1. The molecule has 3 heterocycles. The third-order valence-corrected chi connectivity index (χ3v) is 4.72. The SMILES string of the molecule is COP(=O)(O)OCC1OC(n2ccc3c(N)ncnc32)C(O)C1O. The van der Waals surface area contributed by atoms with Gasteiger partial charge in [0.2, 0.25) is 0 Å². The van der Waals surface area contributed by atoms with Gasteiger partial charge in [0.15, 0.2) is 6.23 Å². The molecular weight excluding hydrogens is 343 g/mol. The molecule has 0 radical (unpaired) electrons.